The van der Waals surface area contributed by atoms with E-state index in [4.69, 9.17) is 45.0 Å². The Morgan fingerprint density at radius 3 is 1.09 bits per heavy atom. The Bertz CT molecular complexity index is 6600. The van der Waals surface area contributed by atoms with Crippen molar-refractivity contribution in [1.82, 2.24) is 58.7 Å². The van der Waals surface area contributed by atoms with Crippen LogP contribution in [-0.4, -0.2) is 188 Å². The first-order valence-corrected chi connectivity index (χ1v) is 49.0. The Hall–Kier alpha value is -10.9. The Morgan fingerprint density at radius 1 is 0.443 bits per heavy atom. The van der Waals surface area contributed by atoms with Crippen LogP contribution in [0.15, 0.2) is 214 Å². The molecule has 4 aromatic heterocycles. The van der Waals surface area contributed by atoms with Crippen molar-refractivity contribution in [3.05, 3.63) is 307 Å². The predicted octanol–water partition coefficient (Wildman–Crippen LogP) is 12.1. The molecule has 28 nitrogen and oxygen atoms in total. The van der Waals surface area contributed by atoms with Gasteiger partial charge in [0.15, 0.2) is 0 Å². The van der Waals surface area contributed by atoms with Crippen molar-refractivity contribution in [2.24, 2.45) is 20.6 Å². The van der Waals surface area contributed by atoms with Gasteiger partial charge in [0.05, 0.1) is 61.2 Å². The summed E-state index contributed by atoms with van der Waals surface area (Å²) in [6, 6.07) is 54.3. The lowest BCUT2D eigenvalue weighted by molar-refractivity contribution is -0.176. The summed E-state index contributed by atoms with van der Waals surface area (Å²) >= 11 is 0. The molecule has 5 aliphatic heterocycles. The SMILES string of the molecule is COCCN(Cc1cc(Cc2cccc(C)c2)n(-c2ccc(S(N)(=O)=O)cc2F)n1)C(C)C.Cc1cccc(Cc2cc(CN3CC(C)OC(C)C3)nn2-c2ccc(S(N)(=O)=O)cc2F)c1.Cc1cccc(Cc2cc(CN3CC4CCC3C(=O)O4)nn2-c2ccc(S(N)(=O)=O)cc2F)c1.Cc1cccc(Cc2cc(CN3CCC(F)C3)nn2-c2ccc(S(N)(=O)=O)cc2F)c1. The van der Waals surface area contributed by atoms with Crippen molar-refractivity contribution in [3.63, 3.8) is 0 Å². The highest BCUT2D eigenvalue weighted by atomic mass is 32.2. The lowest BCUT2D eigenvalue weighted by Crippen LogP contribution is -2.56. The number of hydrogen-bond acceptors (Lipinski definition) is 20. The van der Waals surface area contributed by atoms with Crippen LogP contribution in [0.25, 0.3) is 22.7 Å². The van der Waals surface area contributed by atoms with E-state index in [0.717, 1.165) is 135 Å². The molecule has 12 aromatic rings. The quantitative estimate of drug-likeness (QED) is 0.0261. The van der Waals surface area contributed by atoms with Gasteiger partial charge in [0, 0.05) is 127 Å². The number of carbonyl (C=O) groups is 1. The minimum Gasteiger partial charge on any atom is -0.460 e. The van der Waals surface area contributed by atoms with Crippen molar-refractivity contribution in [2.45, 2.75) is 183 Å². The molecular formula is C94H109F5N16O12S4. The number of methoxy groups -OCH3 is 1. The molecule has 5 atom stereocenters. The Kier molecular flexibility index (Phi) is 31.2. The van der Waals surface area contributed by atoms with E-state index in [0.29, 0.717) is 95.9 Å². The minimum atomic E-state index is -4.03. The fraction of sp³-hybridized carbons (Fsp3) is 0.351. The van der Waals surface area contributed by atoms with Gasteiger partial charge in [-0.15, -0.1) is 0 Å². The third kappa shape index (κ3) is 25.9. The molecule has 9 heterocycles. The predicted molar refractivity (Wildman–Crippen MR) is 486 cm³/mol. The van der Waals surface area contributed by atoms with Crippen LogP contribution in [0.1, 0.15) is 137 Å². The molecule has 8 N–H and O–H groups in total. The lowest BCUT2D eigenvalue weighted by atomic mass is 9.96. The maximum atomic E-state index is 15.0. The average molecular weight is 1880 g/mol. The van der Waals surface area contributed by atoms with Gasteiger partial charge in [-0.2, -0.15) is 20.4 Å². The smallest absolute Gasteiger partial charge is 0.323 e. The van der Waals surface area contributed by atoms with Crippen molar-refractivity contribution < 1.29 is 74.6 Å². The Labute approximate surface area is 761 Å². The second kappa shape index (κ2) is 41.9. The number of fused-ring (bicyclic) bond motifs is 3. The van der Waals surface area contributed by atoms with E-state index >= 15 is 13.2 Å². The topological polar surface area (TPSA) is 370 Å². The number of nitrogens with zero attached hydrogens (tertiary/aromatic N) is 12. The molecule has 5 unspecified atom stereocenters. The van der Waals surface area contributed by atoms with E-state index in [1.165, 1.54) is 57.9 Å². The number of rotatable bonds is 28. The number of benzene rings is 8. The van der Waals surface area contributed by atoms with E-state index in [9.17, 15) is 47.2 Å². The highest BCUT2D eigenvalue weighted by molar-refractivity contribution is 7.90. The monoisotopic (exact) mass is 1880 g/mol. The molecule has 0 spiro atoms. The standard InChI is InChI=1S/C24H25FN4O4S.C24H29FN4O3S.C24H31FN4O3S.C22H24F2N4O2S/c1-15-3-2-4-16(9-15)10-18-11-17(13-28-14-19-5-7-23(28)24(30)33-19)27-29(18)22-8-6-20(12-21(22)25)34(26,31)32;1-16-5-4-6-19(9-16)10-21-11-20(15-28-13-17(2)32-18(3)14-28)27-29(21)24-8-7-22(12-23(24)25)33(26,30)31;1-17(2)28(10-11-32-4)16-20-14-21(13-19-7-5-6-18(3)12-19)29(27-20)24-9-8-22(15-23(24)25)33(26,30)31;1-15-3-2-4-16(9-15)10-19-11-18(14-27-8-7-17(23)13-27)26-28(19)22-6-5-20(12-21(22)24)31(25,29)30/h2-4,6,8-9,11-12,19,23H,5,7,10,13-14H2,1H3,(H2,26,31,32);4-9,11-12,17-18H,10,13-15H2,1-3H3,(H2,26,30,31);5-9,12,14-15,17H,10-11,13,16H2,1-4H3,(H2,26,30,31);2-6,9,11-12,17H,7-8,10,13-14H2,1H3,(H2,25,29,30). The third-order valence-corrected chi connectivity index (χ3v) is 26.5. The number of alkyl halides is 1. The zero-order valence-electron chi connectivity index (χ0n) is 74.3. The van der Waals surface area contributed by atoms with Gasteiger partial charge in [-0.1, -0.05) is 119 Å². The number of nitrogens with two attached hydrogens (primary N) is 4. The molecule has 5 fully saturated rings. The van der Waals surface area contributed by atoms with Crippen LogP contribution in [0.2, 0.25) is 0 Å². The Balaban J connectivity index is 0.000000149. The van der Waals surface area contributed by atoms with E-state index in [1.807, 2.05) is 150 Å². The summed E-state index contributed by atoms with van der Waals surface area (Å²) in [5, 5.41) is 39.2. The number of carbonyl (C=O) groups excluding carboxylic acids is 1. The van der Waals surface area contributed by atoms with Crippen LogP contribution in [0.4, 0.5) is 22.0 Å². The van der Waals surface area contributed by atoms with Gasteiger partial charge in [0.25, 0.3) is 0 Å². The number of ether oxygens (including phenoxy) is 3. The van der Waals surface area contributed by atoms with Gasteiger partial charge >= 0.3 is 5.97 Å². The second-order valence-corrected chi connectivity index (χ2v) is 40.4. The highest BCUT2D eigenvalue weighted by Gasteiger charge is 2.42. The molecule has 2 bridgehead atoms. The second-order valence-electron chi connectivity index (χ2n) is 34.2. The van der Waals surface area contributed by atoms with Crippen molar-refractivity contribution in [3.8, 4) is 22.7 Å². The molecule has 5 saturated heterocycles. The van der Waals surface area contributed by atoms with Crippen LogP contribution in [0, 0.1) is 51.0 Å². The molecule has 0 aliphatic carbocycles. The zero-order valence-corrected chi connectivity index (χ0v) is 77.5. The fourth-order valence-corrected chi connectivity index (χ4v) is 18.9. The molecule has 696 valence electrons. The molecule has 0 amide bonds. The first-order valence-electron chi connectivity index (χ1n) is 42.8. The van der Waals surface area contributed by atoms with Crippen molar-refractivity contribution >= 4 is 46.1 Å². The largest absolute Gasteiger partial charge is 0.460 e. The molecule has 17 rings (SSSR count). The fourth-order valence-electron chi connectivity index (χ4n) is 16.7. The van der Waals surface area contributed by atoms with Gasteiger partial charge < -0.3 is 14.2 Å². The maximum Gasteiger partial charge on any atom is 0.323 e. The van der Waals surface area contributed by atoms with Gasteiger partial charge in [-0.25, -0.2) is 94.9 Å². The number of piperidine rings is 1. The lowest BCUT2D eigenvalue weighted by Gasteiger charge is -2.43. The average Bonchev–Trinajstić information content (AvgIpc) is 1.60. The molecule has 37 heteroatoms. The zero-order chi connectivity index (χ0) is 94.1. The molecule has 5 aliphatic rings. The normalized spacial score (nSPS) is 17.4. The number of halogens is 5. The molecular weight excluding hydrogens is 1770 g/mol. The van der Waals surface area contributed by atoms with Crippen molar-refractivity contribution in [2.75, 3.05) is 53.0 Å². The number of morpholine rings is 2. The summed E-state index contributed by atoms with van der Waals surface area (Å²) in [5.41, 5.74) is 15.4. The summed E-state index contributed by atoms with van der Waals surface area (Å²) in [4.78, 5) is 19.6. The first-order chi connectivity index (χ1) is 62.0. The summed E-state index contributed by atoms with van der Waals surface area (Å²) in [6.07, 6.45) is 3.55. The van der Waals surface area contributed by atoms with Gasteiger partial charge in [-0.05, 0) is 194 Å². The maximum absolute atomic E-state index is 15.0. The van der Waals surface area contributed by atoms with Gasteiger partial charge in [0.1, 0.15) is 64.3 Å². The number of primary sulfonamides is 4. The number of esters is 1. The van der Waals surface area contributed by atoms with Crippen LogP contribution >= 0.6 is 0 Å². The number of likely N-dealkylation sites (tertiary alicyclic amines) is 1. The van der Waals surface area contributed by atoms with Crippen LogP contribution in [-0.2, 0) is 111 Å². The summed E-state index contributed by atoms with van der Waals surface area (Å²) in [6.45, 7) is 23.0. The number of sulfonamides is 4. The molecule has 0 radical (unpaired) electrons. The number of hydrogen-bond donors (Lipinski definition) is 4. The van der Waals surface area contributed by atoms with Crippen LogP contribution in [0.3, 0.4) is 0 Å². The van der Waals surface area contributed by atoms with E-state index in [1.54, 1.807) is 16.5 Å². The van der Waals surface area contributed by atoms with E-state index < -0.39 is 69.5 Å². The van der Waals surface area contributed by atoms with Crippen molar-refractivity contribution in [1.29, 1.82) is 0 Å². The van der Waals surface area contributed by atoms with Crippen LogP contribution < -0.4 is 20.6 Å². The summed E-state index contributed by atoms with van der Waals surface area (Å²) < 4.78 is 189. The summed E-state index contributed by atoms with van der Waals surface area (Å²) in [5.74, 6) is -3.09. The molecule has 8 aromatic carbocycles. The first kappa shape index (κ1) is 97.6. The third-order valence-electron chi connectivity index (χ3n) is 22.8. The van der Waals surface area contributed by atoms with Gasteiger partial charge in [0.2, 0.25) is 40.1 Å². The van der Waals surface area contributed by atoms with Crippen LogP contribution in [0.5, 0.6) is 0 Å². The van der Waals surface area contributed by atoms with Gasteiger partial charge in [-0.3, -0.25) is 24.4 Å². The number of aryl methyl sites for hydroxylation is 4. The Morgan fingerprint density at radius 2 is 0.786 bits per heavy atom. The molecule has 131 heavy (non-hydrogen) atoms. The minimum absolute atomic E-state index is 0.102. The van der Waals surface area contributed by atoms with E-state index in [2.05, 4.69) is 56.9 Å². The summed E-state index contributed by atoms with van der Waals surface area (Å²) in [7, 11) is -14.4. The van der Waals surface area contributed by atoms with E-state index in [-0.39, 0.29) is 78.7 Å². The number of aromatic nitrogens is 8. The molecule has 0 saturated carbocycles. The highest BCUT2D eigenvalue weighted by Crippen LogP contribution is 2.33.